The molecule has 1 saturated carbocycles. The molecule has 19 heavy (non-hydrogen) atoms. The molecule has 1 atom stereocenters. The summed E-state index contributed by atoms with van der Waals surface area (Å²) in [6.07, 6.45) is 3.02. The minimum absolute atomic E-state index is 0.0669. The highest BCUT2D eigenvalue weighted by atomic mass is 16.5. The summed E-state index contributed by atoms with van der Waals surface area (Å²) < 4.78 is 10.8. The van der Waals surface area contributed by atoms with Gasteiger partial charge in [-0.15, -0.1) is 0 Å². The van der Waals surface area contributed by atoms with Gasteiger partial charge in [0.15, 0.2) is 0 Å². The van der Waals surface area contributed by atoms with Gasteiger partial charge in [0.2, 0.25) is 11.7 Å². The number of carbonyl (C=O) groups excluding carboxylic acids is 1. The Kier molecular flexibility index (Phi) is 4.69. The summed E-state index contributed by atoms with van der Waals surface area (Å²) in [7, 11) is 0. The summed E-state index contributed by atoms with van der Waals surface area (Å²) in [5.74, 6) is 2.02. The number of hydrogen-bond acceptors (Lipinski definition) is 5. The summed E-state index contributed by atoms with van der Waals surface area (Å²) in [5.41, 5.74) is 0. The molecule has 1 aliphatic carbocycles. The minimum atomic E-state index is -0.0669. The Bertz CT molecular complexity index is 424. The van der Waals surface area contributed by atoms with E-state index in [0.717, 1.165) is 12.8 Å². The van der Waals surface area contributed by atoms with Crippen molar-refractivity contribution in [3.05, 3.63) is 11.7 Å². The summed E-state index contributed by atoms with van der Waals surface area (Å²) >= 11 is 0. The fourth-order valence-corrected chi connectivity index (χ4v) is 2.15. The molecule has 1 fully saturated rings. The summed E-state index contributed by atoms with van der Waals surface area (Å²) in [6.45, 7) is 6.64. The molecule has 0 N–H and O–H groups in total. The van der Waals surface area contributed by atoms with E-state index in [4.69, 9.17) is 9.26 Å². The lowest BCUT2D eigenvalue weighted by atomic mass is 10.1. The number of carbonyl (C=O) groups is 1. The van der Waals surface area contributed by atoms with Crippen LogP contribution in [0.1, 0.15) is 57.9 Å². The molecular formula is C14H22N2O3. The quantitative estimate of drug-likeness (QED) is 0.723. The topological polar surface area (TPSA) is 65.2 Å². The van der Waals surface area contributed by atoms with Crippen LogP contribution in [0.15, 0.2) is 4.52 Å². The third kappa shape index (κ3) is 4.13. The van der Waals surface area contributed by atoms with Crippen LogP contribution in [0.25, 0.3) is 0 Å². The Morgan fingerprint density at radius 3 is 2.79 bits per heavy atom. The Morgan fingerprint density at radius 1 is 1.47 bits per heavy atom. The van der Waals surface area contributed by atoms with Crippen molar-refractivity contribution < 1.29 is 14.1 Å². The molecule has 1 aromatic heterocycles. The van der Waals surface area contributed by atoms with Crippen LogP contribution in [0, 0.1) is 11.8 Å². The lowest BCUT2D eigenvalue weighted by molar-refractivity contribution is -0.119. The van der Waals surface area contributed by atoms with Crippen molar-refractivity contribution in [2.45, 2.75) is 52.6 Å². The van der Waals surface area contributed by atoms with Crippen LogP contribution in [-0.4, -0.2) is 22.5 Å². The van der Waals surface area contributed by atoms with Gasteiger partial charge in [-0.25, -0.2) is 0 Å². The average Bonchev–Trinajstić information content (AvgIpc) is 3.06. The number of nitrogens with zero attached hydrogens (tertiary/aromatic N) is 2. The third-order valence-corrected chi connectivity index (χ3v) is 3.12. The maximum absolute atomic E-state index is 11.7. The second kappa shape index (κ2) is 6.28. The molecule has 0 saturated heterocycles. The predicted octanol–water partition coefficient (Wildman–Crippen LogP) is 2.71. The van der Waals surface area contributed by atoms with E-state index >= 15 is 0 Å². The maximum Gasteiger partial charge on any atom is 0.234 e. The standard InChI is InChI=1S/C14H22N2O3/c1-4-18-13(10-5-6-10)14-15-12(19-16-14)8-11(17)7-9(2)3/h9-10,13H,4-8H2,1-3H3. The Labute approximate surface area is 113 Å². The average molecular weight is 266 g/mol. The Hall–Kier alpha value is -1.23. The first-order valence-corrected chi connectivity index (χ1v) is 7.06. The third-order valence-electron chi connectivity index (χ3n) is 3.12. The molecule has 0 aliphatic heterocycles. The van der Waals surface area contributed by atoms with E-state index in [-0.39, 0.29) is 18.3 Å². The molecule has 1 aromatic rings. The van der Waals surface area contributed by atoms with Gasteiger partial charge >= 0.3 is 0 Å². The second-order valence-corrected chi connectivity index (χ2v) is 5.57. The largest absolute Gasteiger partial charge is 0.370 e. The van der Waals surface area contributed by atoms with Gasteiger partial charge in [0.05, 0.1) is 6.42 Å². The van der Waals surface area contributed by atoms with Crippen molar-refractivity contribution >= 4 is 5.78 Å². The van der Waals surface area contributed by atoms with E-state index in [9.17, 15) is 4.79 Å². The molecule has 5 nitrogen and oxygen atoms in total. The van der Waals surface area contributed by atoms with Crippen LogP contribution in [-0.2, 0) is 16.0 Å². The van der Waals surface area contributed by atoms with Gasteiger partial charge < -0.3 is 9.26 Å². The van der Waals surface area contributed by atoms with Gasteiger partial charge in [-0.3, -0.25) is 4.79 Å². The molecule has 1 heterocycles. The van der Waals surface area contributed by atoms with Crippen LogP contribution in [0.5, 0.6) is 0 Å². The van der Waals surface area contributed by atoms with Crippen LogP contribution in [0.3, 0.4) is 0 Å². The Balaban J connectivity index is 1.95. The lowest BCUT2D eigenvalue weighted by Gasteiger charge is -2.10. The highest BCUT2D eigenvalue weighted by Gasteiger charge is 2.36. The van der Waals surface area contributed by atoms with Crippen molar-refractivity contribution in [2.24, 2.45) is 11.8 Å². The van der Waals surface area contributed by atoms with E-state index in [1.807, 2.05) is 20.8 Å². The van der Waals surface area contributed by atoms with Gasteiger partial charge in [0, 0.05) is 13.0 Å². The number of ketones is 1. The zero-order valence-corrected chi connectivity index (χ0v) is 11.9. The molecular weight excluding hydrogens is 244 g/mol. The van der Waals surface area contributed by atoms with Crippen molar-refractivity contribution in [2.75, 3.05) is 6.61 Å². The SMILES string of the molecule is CCOC(c1noc(CC(=O)CC(C)C)n1)C1CC1. The van der Waals surface area contributed by atoms with Crippen LogP contribution in [0.4, 0.5) is 0 Å². The summed E-state index contributed by atoms with van der Waals surface area (Å²) in [4.78, 5) is 16.0. The van der Waals surface area contributed by atoms with Crippen molar-refractivity contribution in [1.29, 1.82) is 0 Å². The van der Waals surface area contributed by atoms with E-state index in [1.54, 1.807) is 0 Å². The fourth-order valence-electron chi connectivity index (χ4n) is 2.15. The van der Waals surface area contributed by atoms with Gasteiger partial charge in [-0.05, 0) is 31.6 Å². The normalized spacial score (nSPS) is 16.8. The first kappa shape index (κ1) is 14.2. The van der Waals surface area contributed by atoms with Gasteiger partial charge in [0.25, 0.3) is 0 Å². The van der Waals surface area contributed by atoms with Crippen molar-refractivity contribution in [3.8, 4) is 0 Å². The zero-order chi connectivity index (χ0) is 13.8. The molecule has 2 rings (SSSR count). The maximum atomic E-state index is 11.7. The monoisotopic (exact) mass is 266 g/mol. The predicted molar refractivity (Wildman–Crippen MR) is 69.6 cm³/mol. The second-order valence-electron chi connectivity index (χ2n) is 5.57. The van der Waals surface area contributed by atoms with Gasteiger partial charge in [-0.1, -0.05) is 19.0 Å². The van der Waals surface area contributed by atoms with Gasteiger partial charge in [0.1, 0.15) is 11.9 Å². The smallest absolute Gasteiger partial charge is 0.234 e. The van der Waals surface area contributed by atoms with Crippen molar-refractivity contribution in [1.82, 2.24) is 10.1 Å². The Morgan fingerprint density at radius 2 is 2.21 bits per heavy atom. The van der Waals surface area contributed by atoms with Crippen LogP contribution < -0.4 is 0 Å². The molecule has 0 aromatic carbocycles. The van der Waals surface area contributed by atoms with Crippen LogP contribution in [0.2, 0.25) is 0 Å². The highest BCUT2D eigenvalue weighted by molar-refractivity contribution is 5.80. The number of ether oxygens (including phenoxy) is 1. The number of hydrogen-bond donors (Lipinski definition) is 0. The van der Waals surface area contributed by atoms with E-state index in [0.29, 0.717) is 36.6 Å². The fraction of sp³-hybridized carbons (Fsp3) is 0.786. The first-order chi connectivity index (χ1) is 9.10. The number of aromatic nitrogens is 2. The summed E-state index contributed by atoms with van der Waals surface area (Å²) in [5, 5.41) is 3.97. The molecule has 0 bridgehead atoms. The van der Waals surface area contributed by atoms with Crippen LogP contribution >= 0.6 is 0 Å². The molecule has 106 valence electrons. The van der Waals surface area contributed by atoms with E-state index in [2.05, 4.69) is 10.1 Å². The minimum Gasteiger partial charge on any atom is -0.370 e. The first-order valence-electron chi connectivity index (χ1n) is 7.06. The lowest BCUT2D eigenvalue weighted by Crippen LogP contribution is -2.09. The van der Waals surface area contributed by atoms with Crippen molar-refractivity contribution in [3.63, 3.8) is 0 Å². The zero-order valence-electron chi connectivity index (χ0n) is 11.9. The molecule has 0 radical (unpaired) electrons. The molecule has 5 heteroatoms. The number of Topliss-reactive ketones (excluding diaryl/α,β-unsaturated/α-hetero) is 1. The number of rotatable bonds is 8. The molecule has 1 aliphatic rings. The van der Waals surface area contributed by atoms with Gasteiger partial charge in [-0.2, -0.15) is 4.98 Å². The van der Waals surface area contributed by atoms with E-state index < -0.39 is 0 Å². The highest BCUT2D eigenvalue weighted by Crippen LogP contribution is 2.42. The molecule has 1 unspecified atom stereocenters. The van der Waals surface area contributed by atoms with E-state index in [1.165, 1.54) is 0 Å². The molecule has 0 amide bonds. The molecule has 0 spiro atoms. The summed E-state index contributed by atoms with van der Waals surface area (Å²) in [6, 6.07) is 0.